The second-order valence-electron chi connectivity index (χ2n) is 13.4. The van der Waals surface area contributed by atoms with Gasteiger partial charge in [-0.15, -0.1) is 0 Å². The van der Waals surface area contributed by atoms with Crippen LogP contribution in [0.25, 0.3) is 5.69 Å². The fraction of sp³-hybridized carbons (Fsp3) is 0.359. The van der Waals surface area contributed by atoms with Crippen molar-refractivity contribution in [3.05, 3.63) is 113 Å². The van der Waals surface area contributed by atoms with E-state index in [0.29, 0.717) is 53.7 Å². The molecule has 2 amide bonds. The molecule has 1 N–H and O–H groups in total. The molecular weight excluding hydrogens is 706 g/mol. The Morgan fingerprint density at radius 2 is 1.76 bits per heavy atom. The minimum Gasteiger partial charge on any atom is -0.372 e. The molecule has 0 spiro atoms. The number of alkyl halides is 3. The maximum Gasteiger partial charge on any atom is 0.416 e. The van der Waals surface area contributed by atoms with Gasteiger partial charge in [-0.1, -0.05) is 36.4 Å². The standard InChI is InChI=1S/C29H22F4N4O3.C10H17N3O/c1-2-36-27-24(22(16-38)35-37(27)21-9-4-3-5-10-21)23(17-11-13-20(30)14-12-17)25(28(36)40)34-26(39)18-7-6-8-19(15-18)29(31,32)33;1-12(3-2-11)4-5-13-7-9-6-10(8-13)14-9/h3-16,23,25H,2H2,1H3,(H,34,39);9-10H,3-8H2,1H3. The topological polar surface area (TPSA) is 124 Å². The molecule has 54 heavy (non-hydrogen) atoms. The van der Waals surface area contributed by atoms with Crippen LogP contribution in [0.2, 0.25) is 0 Å². The molecule has 282 valence electrons. The van der Waals surface area contributed by atoms with Gasteiger partial charge >= 0.3 is 6.18 Å². The Bertz CT molecular complexity index is 2000. The summed E-state index contributed by atoms with van der Waals surface area (Å²) < 4.78 is 60.8. The van der Waals surface area contributed by atoms with E-state index in [1.807, 2.05) is 7.05 Å². The van der Waals surface area contributed by atoms with Crippen molar-refractivity contribution in [1.29, 1.82) is 5.26 Å². The lowest BCUT2D eigenvalue weighted by atomic mass is 9.81. The fourth-order valence-electron chi connectivity index (χ4n) is 7.09. The molecule has 4 atom stereocenters. The lowest BCUT2D eigenvalue weighted by Gasteiger charge is -2.47. The number of benzene rings is 3. The Morgan fingerprint density at radius 3 is 2.37 bits per heavy atom. The van der Waals surface area contributed by atoms with Crippen molar-refractivity contribution in [3.63, 3.8) is 0 Å². The van der Waals surface area contributed by atoms with Gasteiger partial charge in [-0.05, 0) is 62.0 Å². The van der Waals surface area contributed by atoms with Gasteiger partial charge in [-0.3, -0.25) is 29.1 Å². The second-order valence-corrected chi connectivity index (χ2v) is 13.4. The van der Waals surface area contributed by atoms with Crippen molar-refractivity contribution in [2.75, 3.05) is 51.2 Å². The largest absolute Gasteiger partial charge is 0.416 e. The normalized spacial score (nSPS) is 20.6. The zero-order chi connectivity index (χ0) is 38.6. The Hall–Kier alpha value is -5.43. The molecule has 8 rings (SSSR count). The number of para-hydroxylation sites is 1. The van der Waals surface area contributed by atoms with E-state index in [4.69, 9.17) is 10.00 Å². The molecule has 15 heteroatoms. The van der Waals surface area contributed by atoms with Crippen LogP contribution < -0.4 is 10.2 Å². The highest BCUT2D eigenvalue weighted by atomic mass is 19.4. The van der Waals surface area contributed by atoms with E-state index in [0.717, 1.165) is 38.3 Å². The van der Waals surface area contributed by atoms with Gasteiger partial charge in [0.1, 0.15) is 23.4 Å². The molecule has 0 radical (unpaired) electrons. The number of nitrogens with one attached hydrogen (secondary N) is 1. The van der Waals surface area contributed by atoms with Crippen molar-refractivity contribution in [2.24, 2.45) is 0 Å². The molecule has 4 unspecified atom stereocenters. The molecule has 1 aromatic heterocycles. The lowest BCUT2D eigenvalue weighted by Crippen LogP contribution is -2.58. The molecule has 4 aliphatic rings. The molecule has 3 saturated heterocycles. The van der Waals surface area contributed by atoms with Gasteiger partial charge in [0.15, 0.2) is 6.29 Å². The lowest BCUT2D eigenvalue weighted by molar-refractivity contribution is -0.180. The molecular formula is C39H39F4N7O4. The van der Waals surface area contributed by atoms with Gasteiger partial charge < -0.3 is 10.1 Å². The van der Waals surface area contributed by atoms with Crippen LogP contribution in [0, 0.1) is 17.1 Å². The summed E-state index contributed by atoms with van der Waals surface area (Å²) in [5, 5.41) is 15.5. The predicted molar refractivity (Wildman–Crippen MR) is 191 cm³/mol. The number of piperidine rings is 1. The number of amides is 2. The third-order valence-corrected chi connectivity index (χ3v) is 9.73. The van der Waals surface area contributed by atoms with E-state index >= 15 is 0 Å². The summed E-state index contributed by atoms with van der Waals surface area (Å²) in [7, 11) is 1.99. The summed E-state index contributed by atoms with van der Waals surface area (Å²) in [5.74, 6) is -2.72. The number of carbonyl (C=O) groups is 3. The molecule has 4 aliphatic heterocycles. The number of hydrogen-bond acceptors (Lipinski definition) is 8. The molecule has 3 fully saturated rings. The highest BCUT2D eigenvalue weighted by molar-refractivity contribution is 6.06. The smallest absolute Gasteiger partial charge is 0.372 e. The number of rotatable bonds is 10. The first-order valence-corrected chi connectivity index (χ1v) is 17.5. The van der Waals surface area contributed by atoms with Crippen LogP contribution in [0.4, 0.5) is 23.4 Å². The third kappa shape index (κ3) is 8.20. The minimum absolute atomic E-state index is 0.00236. The first kappa shape index (κ1) is 38.3. The molecule has 3 aromatic carbocycles. The number of fused-ring (bicyclic) bond motifs is 3. The number of aldehydes is 1. The molecule has 4 aromatic rings. The number of morpholine rings is 1. The number of halogens is 4. The number of anilines is 1. The SMILES string of the molecule is CCN1C(=O)C(NC(=O)c2cccc(C(F)(F)F)c2)C(c2ccc(F)cc2)c2c(C=O)nn(-c3ccccc3)c21.CN(CC#N)CCN1CC2CC(C1)O2. The summed E-state index contributed by atoms with van der Waals surface area (Å²) in [4.78, 5) is 45.4. The van der Waals surface area contributed by atoms with Crippen LogP contribution in [-0.2, 0) is 15.7 Å². The van der Waals surface area contributed by atoms with Crippen molar-refractivity contribution in [2.45, 2.75) is 43.7 Å². The van der Waals surface area contributed by atoms with Crippen molar-refractivity contribution < 1.29 is 36.7 Å². The van der Waals surface area contributed by atoms with Gasteiger partial charge in [-0.25, -0.2) is 9.07 Å². The molecule has 0 saturated carbocycles. The number of ether oxygens (including phenoxy) is 1. The highest BCUT2D eigenvalue weighted by Crippen LogP contribution is 2.43. The van der Waals surface area contributed by atoms with Crippen molar-refractivity contribution >= 4 is 23.9 Å². The zero-order valence-electron chi connectivity index (χ0n) is 29.7. The van der Waals surface area contributed by atoms with Crippen LogP contribution in [0.5, 0.6) is 0 Å². The highest BCUT2D eigenvalue weighted by Gasteiger charge is 2.46. The quantitative estimate of drug-likeness (QED) is 0.136. The summed E-state index contributed by atoms with van der Waals surface area (Å²) in [6, 6.07) is 18.7. The maximum atomic E-state index is 14.0. The van der Waals surface area contributed by atoms with Crippen LogP contribution >= 0.6 is 0 Å². The molecule has 2 bridgehead atoms. The minimum atomic E-state index is -4.67. The Balaban J connectivity index is 0.000000297. The molecule has 11 nitrogen and oxygen atoms in total. The Labute approximate surface area is 309 Å². The summed E-state index contributed by atoms with van der Waals surface area (Å²) in [6.07, 6.45) is -1.90. The second kappa shape index (κ2) is 16.3. The Morgan fingerprint density at radius 1 is 1.07 bits per heavy atom. The van der Waals surface area contributed by atoms with Crippen LogP contribution in [-0.4, -0.2) is 102 Å². The Kier molecular flexibility index (Phi) is 11.6. The van der Waals surface area contributed by atoms with E-state index in [1.165, 1.54) is 46.3 Å². The number of aromatic nitrogens is 2. The van der Waals surface area contributed by atoms with Crippen molar-refractivity contribution in [3.8, 4) is 11.8 Å². The van der Waals surface area contributed by atoms with Gasteiger partial charge in [0.05, 0.1) is 36.1 Å². The monoisotopic (exact) mass is 745 g/mol. The summed E-state index contributed by atoms with van der Waals surface area (Å²) in [5.41, 5.74) is -0.0297. The molecule has 0 aliphatic carbocycles. The fourth-order valence-corrected chi connectivity index (χ4v) is 7.09. The van der Waals surface area contributed by atoms with Crippen LogP contribution in [0.15, 0.2) is 78.9 Å². The van der Waals surface area contributed by atoms with E-state index in [9.17, 15) is 31.9 Å². The van der Waals surface area contributed by atoms with E-state index < -0.39 is 41.3 Å². The van der Waals surface area contributed by atoms with Gasteiger partial charge in [-0.2, -0.15) is 23.5 Å². The van der Waals surface area contributed by atoms with E-state index in [2.05, 4.69) is 26.3 Å². The maximum absolute atomic E-state index is 14.0. The average Bonchev–Trinajstić information content (AvgIpc) is 3.54. The van der Waals surface area contributed by atoms with E-state index in [1.54, 1.807) is 37.3 Å². The first-order valence-electron chi connectivity index (χ1n) is 17.5. The average molecular weight is 746 g/mol. The number of carbonyl (C=O) groups excluding carboxylic acids is 3. The third-order valence-electron chi connectivity index (χ3n) is 9.73. The van der Waals surface area contributed by atoms with Crippen LogP contribution in [0.3, 0.4) is 0 Å². The number of nitriles is 1. The first-order chi connectivity index (χ1) is 25.9. The summed E-state index contributed by atoms with van der Waals surface area (Å²) >= 11 is 0. The summed E-state index contributed by atoms with van der Waals surface area (Å²) in [6.45, 7) is 6.57. The number of hydrogen-bond donors (Lipinski definition) is 1. The zero-order valence-corrected chi connectivity index (χ0v) is 29.7. The predicted octanol–water partition coefficient (Wildman–Crippen LogP) is 5.05. The van der Waals surface area contributed by atoms with Gasteiger partial charge in [0, 0.05) is 56.2 Å². The van der Waals surface area contributed by atoms with Crippen molar-refractivity contribution in [1.82, 2.24) is 24.9 Å². The molecule has 5 heterocycles. The van der Waals surface area contributed by atoms with Gasteiger partial charge in [0.25, 0.3) is 11.8 Å². The van der Waals surface area contributed by atoms with Gasteiger partial charge in [0.2, 0.25) is 0 Å². The number of likely N-dealkylation sites (N-methyl/N-ethyl adjacent to an activating group) is 2. The van der Waals surface area contributed by atoms with Crippen LogP contribution in [0.1, 0.15) is 56.8 Å². The number of nitrogens with zero attached hydrogens (tertiary/aromatic N) is 6. The van der Waals surface area contributed by atoms with E-state index in [-0.39, 0.29) is 17.8 Å².